The standard InChI is InChI=1S/C20H21N3O/c24-19-8-4-7-17(11-19)12-20-21-13-18-15-22(9-10-23(18)20)14-16-5-2-1-3-6-16/h1-8,11,13,24H,9-10,12,14-15H2. The van der Waals surface area contributed by atoms with Gasteiger partial charge in [0.2, 0.25) is 0 Å². The van der Waals surface area contributed by atoms with Crippen LogP contribution >= 0.6 is 0 Å². The Balaban J connectivity index is 1.47. The first kappa shape index (κ1) is 15.0. The normalized spacial score (nSPS) is 14.5. The summed E-state index contributed by atoms with van der Waals surface area (Å²) in [6.07, 6.45) is 2.75. The van der Waals surface area contributed by atoms with Crippen LogP contribution < -0.4 is 0 Å². The van der Waals surface area contributed by atoms with Crippen molar-refractivity contribution < 1.29 is 5.11 Å². The molecule has 0 aliphatic carbocycles. The monoisotopic (exact) mass is 319 g/mol. The minimum absolute atomic E-state index is 0.312. The Labute approximate surface area is 142 Å². The zero-order valence-electron chi connectivity index (χ0n) is 13.6. The number of aromatic hydroxyl groups is 1. The van der Waals surface area contributed by atoms with E-state index in [1.807, 2.05) is 24.4 Å². The molecule has 4 nitrogen and oxygen atoms in total. The lowest BCUT2D eigenvalue weighted by Crippen LogP contribution is -2.33. The van der Waals surface area contributed by atoms with Crippen molar-refractivity contribution in [3.63, 3.8) is 0 Å². The highest BCUT2D eigenvalue weighted by Crippen LogP contribution is 2.20. The lowest BCUT2D eigenvalue weighted by molar-refractivity contribution is 0.211. The van der Waals surface area contributed by atoms with Gasteiger partial charge in [-0.15, -0.1) is 0 Å². The summed E-state index contributed by atoms with van der Waals surface area (Å²) in [5, 5.41) is 9.62. The number of hydrogen-bond donors (Lipinski definition) is 1. The van der Waals surface area contributed by atoms with Crippen molar-refractivity contribution in [3.05, 3.63) is 83.4 Å². The van der Waals surface area contributed by atoms with E-state index in [0.717, 1.165) is 44.0 Å². The number of fused-ring (bicyclic) bond motifs is 1. The fourth-order valence-electron chi connectivity index (χ4n) is 3.37. The number of imidazole rings is 1. The first-order chi connectivity index (χ1) is 11.8. The van der Waals surface area contributed by atoms with Crippen LogP contribution in [0.4, 0.5) is 0 Å². The van der Waals surface area contributed by atoms with Crippen LogP contribution in [-0.4, -0.2) is 26.1 Å². The molecule has 0 spiro atoms. The van der Waals surface area contributed by atoms with Crippen LogP contribution in [0.1, 0.15) is 22.6 Å². The maximum absolute atomic E-state index is 9.62. The van der Waals surface area contributed by atoms with E-state index in [1.165, 1.54) is 11.3 Å². The number of nitrogens with zero attached hydrogens (tertiary/aromatic N) is 3. The van der Waals surface area contributed by atoms with Gasteiger partial charge in [0.05, 0.1) is 5.69 Å². The largest absolute Gasteiger partial charge is 0.508 e. The average molecular weight is 319 g/mol. The fraction of sp³-hybridized carbons (Fsp3) is 0.250. The molecule has 0 atom stereocenters. The second kappa shape index (κ2) is 6.49. The molecule has 4 heteroatoms. The molecule has 3 aromatic rings. The highest BCUT2D eigenvalue weighted by Gasteiger charge is 2.19. The Morgan fingerprint density at radius 3 is 2.62 bits per heavy atom. The highest BCUT2D eigenvalue weighted by molar-refractivity contribution is 5.29. The molecule has 0 unspecified atom stereocenters. The van der Waals surface area contributed by atoms with Gasteiger partial charge in [-0.05, 0) is 23.3 Å². The summed E-state index contributed by atoms with van der Waals surface area (Å²) >= 11 is 0. The lowest BCUT2D eigenvalue weighted by Gasteiger charge is -2.29. The molecular weight excluding hydrogens is 298 g/mol. The number of phenols is 1. The second-order valence-electron chi connectivity index (χ2n) is 6.36. The first-order valence-electron chi connectivity index (χ1n) is 8.35. The Bertz CT molecular complexity index is 826. The van der Waals surface area contributed by atoms with E-state index >= 15 is 0 Å². The van der Waals surface area contributed by atoms with Crippen molar-refractivity contribution in [3.8, 4) is 5.75 Å². The van der Waals surface area contributed by atoms with Gasteiger partial charge in [-0.1, -0.05) is 42.5 Å². The molecule has 0 bridgehead atoms. The van der Waals surface area contributed by atoms with Crippen LogP contribution in [0.25, 0.3) is 0 Å². The molecule has 0 radical (unpaired) electrons. The maximum Gasteiger partial charge on any atom is 0.115 e. The Kier molecular flexibility index (Phi) is 4.05. The molecular formula is C20H21N3O. The van der Waals surface area contributed by atoms with E-state index in [0.29, 0.717) is 5.75 Å². The van der Waals surface area contributed by atoms with Crippen molar-refractivity contribution in [1.29, 1.82) is 0 Å². The fourth-order valence-corrected chi connectivity index (χ4v) is 3.37. The maximum atomic E-state index is 9.62. The third-order valence-corrected chi connectivity index (χ3v) is 4.57. The molecule has 0 amide bonds. The van der Waals surface area contributed by atoms with E-state index in [9.17, 15) is 5.11 Å². The third-order valence-electron chi connectivity index (χ3n) is 4.57. The molecule has 1 aromatic heterocycles. The van der Waals surface area contributed by atoms with Gasteiger partial charge in [0.25, 0.3) is 0 Å². The van der Waals surface area contributed by atoms with Gasteiger partial charge in [0, 0.05) is 38.8 Å². The second-order valence-corrected chi connectivity index (χ2v) is 6.36. The number of aromatic nitrogens is 2. The van der Waals surface area contributed by atoms with E-state index in [1.54, 1.807) is 6.07 Å². The molecule has 0 saturated heterocycles. The van der Waals surface area contributed by atoms with E-state index < -0.39 is 0 Å². The molecule has 1 N–H and O–H groups in total. The van der Waals surface area contributed by atoms with Crippen molar-refractivity contribution in [2.75, 3.05) is 6.54 Å². The van der Waals surface area contributed by atoms with Crippen LogP contribution in [0.3, 0.4) is 0 Å². The molecule has 2 heterocycles. The molecule has 2 aromatic carbocycles. The van der Waals surface area contributed by atoms with E-state index in [4.69, 9.17) is 0 Å². The zero-order chi connectivity index (χ0) is 16.4. The predicted octanol–water partition coefficient (Wildman–Crippen LogP) is 3.20. The summed E-state index contributed by atoms with van der Waals surface area (Å²) in [5.74, 6) is 1.39. The van der Waals surface area contributed by atoms with Crippen molar-refractivity contribution in [2.24, 2.45) is 0 Å². The topological polar surface area (TPSA) is 41.3 Å². The quantitative estimate of drug-likeness (QED) is 0.803. The summed E-state index contributed by atoms with van der Waals surface area (Å²) in [6.45, 7) is 3.91. The van der Waals surface area contributed by atoms with Gasteiger partial charge >= 0.3 is 0 Å². The molecule has 1 aliphatic heterocycles. The summed E-state index contributed by atoms with van der Waals surface area (Å²) in [7, 11) is 0. The zero-order valence-corrected chi connectivity index (χ0v) is 13.6. The minimum Gasteiger partial charge on any atom is -0.508 e. The van der Waals surface area contributed by atoms with Gasteiger partial charge in [-0.25, -0.2) is 4.98 Å². The van der Waals surface area contributed by atoms with E-state index in [-0.39, 0.29) is 0 Å². The van der Waals surface area contributed by atoms with Crippen LogP contribution in [0.15, 0.2) is 60.8 Å². The van der Waals surface area contributed by atoms with Gasteiger partial charge in [-0.2, -0.15) is 0 Å². The Morgan fingerprint density at radius 1 is 0.958 bits per heavy atom. The summed E-state index contributed by atoms with van der Waals surface area (Å²) in [6, 6.07) is 18.0. The smallest absolute Gasteiger partial charge is 0.115 e. The molecule has 1 aliphatic rings. The summed E-state index contributed by atoms with van der Waals surface area (Å²) < 4.78 is 2.32. The highest BCUT2D eigenvalue weighted by atomic mass is 16.3. The molecule has 4 rings (SSSR count). The van der Waals surface area contributed by atoms with Gasteiger partial charge in [0.15, 0.2) is 0 Å². The number of phenolic OH excluding ortho intramolecular Hbond substituents is 1. The molecule has 122 valence electrons. The van der Waals surface area contributed by atoms with Crippen molar-refractivity contribution in [2.45, 2.75) is 26.1 Å². The molecule has 24 heavy (non-hydrogen) atoms. The Hall–Kier alpha value is -2.59. The minimum atomic E-state index is 0.312. The SMILES string of the molecule is Oc1cccc(Cc2ncc3n2CCN(Cc2ccccc2)C3)c1. The summed E-state index contributed by atoms with van der Waals surface area (Å²) in [4.78, 5) is 7.08. The van der Waals surface area contributed by atoms with Gasteiger partial charge in [0.1, 0.15) is 11.6 Å². The predicted molar refractivity (Wildman–Crippen MR) is 93.7 cm³/mol. The van der Waals surface area contributed by atoms with Gasteiger partial charge < -0.3 is 9.67 Å². The van der Waals surface area contributed by atoms with Gasteiger partial charge in [-0.3, -0.25) is 4.90 Å². The average Bonchev–Trinajstić information content (AvgIpc) is 2.98. The van der Waals surface area contributed by atoms with Crippen LogP contribution in [0, 0.1) is 0 Å². The van der Waals surface area contributed by atoms with Crippen LogP contribution in [0.5, 0.6) is 5.75 Å². The third kappa shape index (κ3) is 3.19. The first-order valence-corrected chi connectivity index (χ1v) is 8.35. The molecule has 0 saturated carbocycles. The lowest BCUT2D eigenvalue weighted by atomic mass is 10.1. The number of rotatable bonds is 4. The van der Waals surface area contributed by atoms with Crippen LogP contribution in [0.2, 0.25) is 0 Å². The van der Waals surface area contributed by atoms with Crippen LogP contribution in [-0.2, 0) is 26.1 Å². The number of hydrogen-bond acceptors (Lipinski definition) is 3. The molecule has 0 fully saturated rings. The summed E-state index contributed by atoms with van der Waals surface area (Å²) in [5.41, 5.74) is 3.72. The Morgan fingerprint density at radius 2 is 1.79 bits per heavy atom. The van der Waals surface area contributed by atoms with Crippen molar-refractivity contribution in [1.82, 2.24) is 14.5 Å². The van der Waals surface area contributed by atoms with E-state index in [2.05, 4.69) is 44.8 Å². The van der Waals surface area contributed by atoms with Crippen molar-refractivity contribution >= 4 is 0 Å². The number of benzene rings is 2.